The van der Waals surface area contributed by atoms with Gasteiger partial charge in [0.1, 0.15) is 11.3 Å². The molecular weight excluding hydrogens is 525 g/mol. The maximum Gasteiger partial charge on any atom is 0.412 e. The zero-order chi connectivity index (χ0) is 23.4. The van der Waals surface area contributed by atoms with Crippen LogP contribution in [-0.2, 0) is 14.2 Å². The Morgan fingerprint density at radius 2 is 1.81 bits per heavy atom. The highest BCUT2D eigenvalue weighted by Crippen LogP contribution is 2.33. The molecular formula is C22H44IN5O4. The van der Waals surface area contributed by atoms with Gasteiger partial charge in [-0.05, 0) is 68.5 Å². The summed E-state index contributed by atoms with van der Waals surface area (Å²) in [6, 6.07) is -0.186. The summed E-state index contributed by atoms with van der Waals surface area (Å²) < 4.78 is 17.3. The van der Waals surface area contributed by atoms with Crippen LogP contribution < -0.4 is 10.6 Å². The van der Waals surface area contributed by atoms with Crippen molar-refractivity contribution in [3.05, 3.63) is 0 Å². The molecule has 2 aliphatic rings. The monoisotopic (exact) mass is 569 g/mol. The van der Waals surface area contributed by atoms with Crippen molar-refractivity contribution in [3.63, 3.8) is 0 Å². The standard InChI is InChI=1S/C22H43N5O4.HI/c1-16-17(27(21(5,6)30-16)19(28)31-20(2,3)4)14-24-18(23-7)25-15-22(26(8)9)10-12-29-13-11-22;/h16-17H,10-15H2,1-9H3,(H2,23,24,25);1H. The summed E-state index contributed by atoms with van der Waals surface area (Å²) in [5.41, 5.74) is -1.29. The van der Waals surface area contributed by atoms with Gasteiger partial charge in [0.15, 0.2) is 5.96 Å². The number of nitrogens with zero attached hydrogens (tertiary/aromatic N) is 3. The highest BCUT2D eigenvalue weighted by atomic mass is 127. The molecule has 0 spiro atoms. The third-order valence-electron chi connectivity index (χ3n) is 6.18. The lowest BCUT2D eigenvalue weighted by Gasteiger charge is -2.43. The van der Waals surface area contributed by atoms with Crippen molar-refractivity contribution >= 4 is 36.0 Å². The molecule has 2 fully saturated rings. The van der Waals surface area contributed by atoms with Crippen LogP contribution in [0.25, 0.3) is 0 Å². The molecule has 10 heteroatoms. The lowest BCUT2D eigenvalue weighted by Crippen LogP contribution is -2.58. The Balaban J connectivity index is 0.00000512. The summed E-state index contributed by atoms with van der Waals surface area (Å²) in [5.74, 6) is 0.703. The van der Waals surface area contributed by atoms with E-state index in [2.05, 4.69) is 34.6 Å². The van der Waals surface area contributed by atoms with E-state index in [4.69, 9.17) is 14.2 Å². The number of halogens is 1. The van der Waals surface area contributed by atoms with Crippen molar-refractivity contribution in [1.29, 1.82) is 0 Å². The van der Waals surface area contributed by atoms with E-state index in [0.29, 0.717) is 12.5 Å². The number of guanidine groups is 1. The predicted molar refractivity (Wildman–Crippen MR) is 138 cm³/mol. The normalized spacial score (nSPS) is 25.3. The molecule has 0 aromatic heterocycles. The average molecular weight is 570 g/mol. The Bertz CT molecular complexity index is 645. The van der Waals surface area contributed by atoms with E-state index in [9.17, 15) is 4.79 Å². The summed E-state index contributed by atoms with van der Waals surface area (Å²) in [5, 5.41) is 6.85. The molecule has 2 atom stereocenters. The zero-order valence-electron chi connectivity index (χ0n) is 21.3. The fourth-order valence-electron chi connectivity index (χ4n) is 4.33. The molecule has 2 N–H and O–H groups in total. The number of aliphatic imine (C=N–C) groups is 1. The van der Waals surface area contributed by atoms with Crippen LogP contribution in [0.2, 0.25) is 0 Å². The van der Waals surface area contributed by atoms with E-state index >= 15 is 0 Å². The molecule has 0 radical (unpaired) electrons. The van der Waals surface area contributed by atoms with Crippen molar-refractivity contribution in [2.45, 2.75) is 83.4 Å². The molecule has 32 heavy (non-hydrogen) atoms. The second-order valence-corrected chi connectivity index (χ2v) is 10.2. The number of rotatable bonds is 5. The number of carbonyl (C=O) groups is 1. The van der Waals surface area contributed by atoms with Gasteiger partial charge in [-0.25, -0.2) is 4.79 Å². The van der Waals surface area contributed by atoms with Gasteiger partial charge >= 0.3 is 6.09 Å². The lowest BCUT2D eigenvalue weighted by molar-refractivity contribution is -0.0755. The van der Waals surface area contributed by atoms with Gasteiger partial charge in [-0.1, -0.05) is 0 Å². The maximum atomic E-state index is 12.9. The highest BCUT2D eigenvalue weighted by molar-refractivity contribution is 14.0. The van der Waals surface area contributed by atoms with Crippen molar-refractivity contribution < 1.29 is 19.0 Å². The van der Waals surface area contributed by atoms with E-state index in [-0.39, 0.29) is 47.8 Å². The van der Waals surface area contributed by atoms with Crippen molar-refractivity contribution in [1.82, 2.24) is 20.4 Å². The molecule has 2 heterocycles. The number of carbonyl (C=O) groups excluding carboxylic acids is 1. The summed E-state index contributed by atoms with van der Waals surface area (Å²) in [4.78, 5) is 21.3. The highest BCUT2D eigenvalue weighted by Gasteiger charge is 2.49. The Morgan fingerprint density at radius 3 is 2.31 bits per heavy atom. The molecule has 2 saturated heterocycles. The van der Waals surface area contributed by atoms with Gasteiger partial charge in [0.2, 0.25) is 0 Å². The Kier molecular flexibility index (Phi) is 10.5. The summed E-state index contributed by atoms with van der Waals surface area (Å²) in [6.07, 6.45) is 1.43. The van der Waals surface area contributed by atoms with Crippen LogP contribution >= 0.6 is 24.0 Å². The molecule has 0 aromatic rings. The molecule has 0 bridgehead atoms. The van der Waals surface area contributed by atoms with E-state index in [1.807, 2.05) is 41.5 Å². The molecule has 2 rings (SSSR count). The predicted octanol–water partition coefficient (Wildman–Crippen LogP) is 2.64. The summed E-state index contributed by atoms with van der Waals surface area (Å²) in [7, 11) is 5.98. The van der Waals surface area contributed by atoms with Crippen LogP contribution in [0.4, 0.5) is 4.79 Å². The smallest absolute Gasteiger partial charge is 0.412 e. The minimum atomic E-state index is -0.748. The molecule has 0 saturated carbocycles. The van der Waals surface area contributed by atoms with E-state index in [0.717, 1.165) is 32.6 Å². The van der Waals surface area contributed by atoms with Gasteiger partial charge in [-0.3, -0.25) is 9.89 Å². The van der Waals surface area contributed by atoms with Crippen LogP contribution in [0.3, 0.4) is 0 Å². The van der Waals surface area contributed by atoms with Crippen LogP contribution in [0.15, 0.2) is 4.99 Å². The van der Waals surface area contributed by atoms with Crippen LogP contribution in [0, 0.1) is 0 Å². The van der Waals surface area contributed by atoms with Gasteiger partial charge in [0.25, 0.3) is 0 Å². The van der Waals surface area contributed by atoms with Gasteiger partial charge in [-0.2, -0.15) is 0 Å². The SMILES string of the molecule is CN=C(NCC1C(C)OC(C)(C)N1C(=O)OC(C)(C)C)NCC1(N(C)C)CCOCC1.I. The zero-order valence-corrected chi connectivity index (χ0v) is 23.6. The van der Waals surface area contributed by atoms with Gasteiger partial charge < -0.3 is 29.7 Å². The summed E-state index contributed by atoms with van der Waals surface area (Å²) >= 11 is 0. The van der Waals surface area contributed by atoms with Gasteiger partial charge in [0, 0.05) is 38.9 Å². The molecule has 9 nitrogen and oxygen atoms in total. The first-order valence-corrected chi connectivity index (χ1v) is 11.2. The van der Waals surface area contributed by atoms with Crippen LogP contribution in [0.1, 0.15) is 54.4 Å². The van der Waals surface area contributed by atoms with Crippen molar-refractivity contribution in [3.8, 4) is 0 Å². The van der Waals surface area contributed by atoms with Gasteiger partial charge in [0.05, 0.1) is 12.1 Å². The number of nitrogens with one attached hydrogen (secondary N) is 2. The number of ether oxygens (including phenoxy) is 3. The second kappa shape index (κ2) is 11.5. The topological polar surface area (TPSA) is 87.7 Å². The third kappa shape index (κ3) is 7.33. The van der Waals surface area contributed by atoms with E-state index < -0.39 is 11.3 Å². The van der Waals surface area contributed by atoms with Crippen molar-refractivity contribution in [2.75, 3.05) is 47.4 Å². The number of hydrogen-bond donors (Lipinski definition) is 2. The minimum Gasteiger partial charge on any atom is -0.444 e. The van der Waals surface area contributed by atoms with E-state index in [1.54, 1.807) is 11.9 Å². The number of hydrogen-bond acceptors (Lipinski definition) is 6. The first-order chi connectivity index (χ1) is 14.3. The minimum absolute atomic E-state index is 0. The lowest BCUT2D eigenvalue weighted by atomic mass is 9.88. The van der Waals surface area contributed by atoms with Crippen molar-refractivity contribution in [2.24, 2.45) is 4.99 Å². The Hall–Kier alpha value is -0.850. The first-order valence-electron chi connectivity index (χ1n) is 11.2. The third-order valence-corrected chi connectivity index (χ3v) is 6.18. The molecule has 188 valence electrons. The fourth-order valence-corrected chi connectivity index (χ4v) is 4.33. The number of likely N-dealkylation sites (N-methyl/N-ethyl adjacent to an activating group) is 1. The van der Waals surface area contributed by atoms with E-state index in [1.165, 1.54) is 0 Å². The molecule has 2 unspecified atom stereocenters. The molecule has 0 aromatic carbocycles. The Morgan fingerprint density at radius 1 is 1.22 bits per heavy atom. The second-order valence-electron chi connectivity index (χ2n) is 10.2. The number of amides is 1. The summed E-state index contributed by atoms with van der Waals surface area (Å²) in [6.45, 7) is 14.2. The fraction of sp³-hybridized carbons (Fsp3) is 0.909. The van der Waals surface area contributed by atoms with Crippen LogP contribution in [0.5, 0.6) is 0 Å². The molecule has 2 aliphatic heterocycles. The largest absolute Gasteiger partial charge is 0.444 e. The van der Waals surface area contributed by atoms with Gasteiger partial charge in [-0.15, -0.1) is 24.0 Å². The average Bonchev–Trinajstić information content (AvgIpc) is 2.89. The quantitative estimate of drug-likeness (QED) is 0.299. The maximum absolute atomic E-state index is 12.9. The molecule has 0 aliphatic carbocycles. The Labute approximate surface area is 211 Å². The molecule has 1 amide bonds. The van der Waals surface area contributed by atoms with Crippen LogP contribution in [-0.4, -0.2) is 98.3 Å². The first kappa shape index (κ1) is 29.2.